The Hall–Kier alpha value is -3.06. The summed E-state index contributed by atoms with van der Waals surface area (Å²) in [4.78, 5) is 41.1. The van der Waals surface area contributed by atoms with Gasteiger partial charge in [-0.05, 0) is 95.5 Å². The number of nitrogens with zero attached hydrogens (tertiary/aromatic N) is 3. The van der Waals surface area contributed by atoms with Gasteiger partial charge in [-0.3, -0.25) is 14.6 Å². The molecule has 3 aliphatic rings. The molecule has 3 aromatic rings. The Balaban J connectivity index is 1.13. The van der Waals surface area contributed by atoms with Crippen LogP contribution in [0.5, 0.6) is 0 Å². The molecule has 2 atom stereocenters. The van der Waals surface area contributed by atoms with E-state index in [0.29, 0.717) is 30.6 Å². The van der Waals surface area contributed by atoms with Crippen LogP contribution in [0.3, 0.4) is 0 Å². The molecule has 1 spiro atoms. The first-order valence-electron chi connectivity index (χ1n) is 16.4. The van der Waals surface area contributed by atoms with Gasteiger partial charge in [0.2, 0.25) is 5.91 Å². The third-order valence-corrected chi connectivity index (χ3v) is 10.1. The second-order valence-corrected chi connectivity index (χ2v) is 13.4. The fourth-order valence-corrected chi connectivity index (χ4v) is 6.91. The van der Waals surface area contributed by atoms with Gasteiger partial charge in [0.1, 0.15) is 11.6 Å². The van der Waals surface area contributed by atoms with Gasteiger partial charge in [-0.1, -0.05) is 31.9 Å². The van der Waals surface area contributed by atoms with Gasteiger partial charge in [0, 0.05) is 47.4 Å². The number of nitrogens with one attached hydrogen (secondary N) is 2. The minimum atomic E-state index is -0.162. The number of ketones is 1. The second kappa shape index (κ2) is 12.3. The number of fused-ring (bicyclic) bond motifs is 1. The van der Waals surface area contributed by atoms with Crippen molar-refractivity contribution in [2.75, 3.05) is 13.1 Å². The summed E-state index contributed by atoms with van der Waals surface area (Å²) in [5.41, 5.74) is 4.46. The molecule has 1 amide bonds. The number of pyridine rings is 1. The van der Waals surface area contributed by atoms with Crippen LogP contribution in [0.1, 0.15) is 115 Å². The van der Waals surface area contributed by atoms with Crippen LogP contribution in [-0.4, -0.2) is 50.7 Å². The third kappa shape index (κ3) is 6.46. The van der Waals surface area contributed by atoms with Gasteiger partial charge in [0.25, 0.3) is 0 Å². The molecule has 3 heterocycles. The molecule has 3 fully saturated rings. The number of Topliss-reactive ketones (excluding diaryl/α,β-unsaturated/α-hetero) is 1. The zero-order valence-electron chi connectivity index (χ0n) is 25.6. The van der Waals surface area contributed by atoms with Crippen LogP contribution in [0.15, 0.2) is 36.5 Å². The first kappa shape index (κ1) is 29.0. The van der Waals surface area contributed by atoms with E-state index in [1.807, 2.05) is 13.1 Å². The summed E-state index contributed by atoms with van der Waals surface area (Å²) < 4.78 is 0. The number of amides is 1. The Bertz CT molecular complexity index is 1420. The van der Waals surface area contributed by atoms with Crippen LogP contribution in [0, 0.1) is 11.3 Å². The van der Waals surface area contributed by atoms with Crippen LogP contribution in [-0.2, 0) is 9.59 Å². The standard InChI is InChI=1S/C35H47N5O2/c1-4-27(41)8-6-5-7-9-31(39-34(42)28-21-35(28)16-18-40(19-17-35)23(2)3)33-36-22-32(38-33)26-13-15-30-25(20-26)12-14-29(37-30)24-10-11-24/h12-15,20,22-24,28,31H,4-11,16-19,21H2,1-3H3,(H,36,38)(H,39,42)/t28-,31+/m1/s1. The smallest absolute Gasteiger partial charge is 0.224 e. The van der Waals surface area contributed by atoms with Crippen molar-refractivity contribution in [3.63, 3.8) is 0 Å². The van der Waals surface area contributed by atoms with E-state index in [-0.39, 0.29) is 23.3 Å². The number of hydrogen-bond donors (Lipinski definition) is 2. The van der Waals surface area contributed by atoms with Crippen molar-refractivity contribution in [3.8, 4) is 11.3 Å². The van der Waals surface area contributed by atoms with E-state index in [1.165, 1.54) is 18.5 Å². The summed E-state index contributed by atoms with van der Waals surface area (Å²) in [6.45, 7) is 8.62. The number of likely N-dealkylation sites (tertiary alicyclic amines) is 1. The molecular formula is C35H47N5O2. The predicted octanol–water partition coefficient (Wildman–Crippen LogP) is 7.10. The maximum atomic E-state index is 13.6. The van der Waals surface area contributed by atoms with Crippen LogP contribution < -0.4 is 5.32 Å². The van der Waals surface area contributed by atoms with Gasteiger partial charge in [-0.2, -0.15) is 0 Å². The lowest BCUT2D eigenvalue weighted by Crippen LogP contribution is -2.41. The Morgan fingerprint density at radius 1 is 1.10 bits per heavy atom. The average molecular weight is 570 g/mol. The molecule has 2 aromatic heterocycles. The van der Waals surface area contributed by atoms with Crippen molar-refractivity contribution in [2.45, 2.75) is 109 Å². The molecule has 6 rings (SSSR count). The van der Waals surface area contributed by atoms with Gasteiger partial charge in [-0.25, -0.2) is 4.98 Å². The summed E-state index contributed by atoms with van der Waals surface area (Å²) in [6, 6.07) is 11.1. The number of unbranched alkanes of at least 4 members (excludes halogenated alkanes) is 2. The number of piperidine rings is 1. The number of carbonyl (C=O) groups is 2. The lowest BCUT2D eigenvalue weighted by molar-refractivity contribution is -0.124. The number of aromatic amines is 1. The zero-order valence-corrected chi connectivity index (χ0v) is 25.6. The number of aromatic nitrogens is 3. The van der Waals surface area contributed by atoms with Crippen LogP contribution in [0.2, 0.25) is 0 Å². The molecule has 0 radical (unpaired) electrons. The number of benzene rings is 1. The number of imidazole rings is 1. The van der Waals surface area contributed by atoms with Crippen LogP contribution in [0.25, 0.3) is 22.2 Å². The van der Waals surface area contributed by atoms with Crippen molar-refractivity contribution in [2.24, 2.45) is 11.3 Å². The van der Waals surface area contributed by atoms with E-state index >= 15 is 0 Å². The minimum Gasteiger partial charge on any atom is -0.346 e. The Morgan fingerprint density at radius 2 is 1.90 bits per heavy atom. The largest absolute Gasteiger partial charge is 0.346 e. The van der Waals surface area contributed by atoms with E-state index < -0.39 is 0 Å². The maximum Gasteiger partial charge on any atom is 0.224 e. The van der Waals surface area contributed by atoms with Gasteiger partial charge in [-0.15, -0.1) is 0 Å². The molecule has 2 saturated carbocycles. The highest BCUT2D eigenvalue weighted by Crippen LogP contribution is 2.59. The summed E-state index contributed by atoms with van der Waals surface area (Å²) >= 11 is 0. The molecule has 0 unspecified atom stereocenters. The lowest BCUT2D eigenvalue weighted by Gasteiger charge is -2.35. The van der Waals surface area contributed by atoms with Crippen molar-refractivity contribution in [3.05, 3.63) is 48.0 Å². The molecule has 1 saturated heterocycles. The fourth-order valence-electron chi connectivity index (χ4n) is 6.91. The highest BCUT2D eigenvalue weighted by molar-refractivity contribution is 5.84. The molecule has 1 aromatic carbocycles. The molecular weight excluding hydrogens is 522 g/mol. The molecule has 224 valence electrons. The Kier molecular flexibility index (Phi) is 8.49. The van der Waals surface area contributed by atoms with Gasteiger partial charge >= 0.3 is 0 Å². The predicted molar refractivity (Wildman–Crippen MR) is 167 cm³/mol. The van der Waals surface area contributed by atoms with E-state index in [4.69, 9.17) is 9.97 Å². The second-order valence-electron chi connectivity index (χ2n) is 13.4. The summed E-state index contributed by atoms with van der Waals surface area (Å²) in [7, 11) is 0. The van der Waals surface area contributed by atoms with Crippen molar-refractivity contribution in [1.82, 2.24) is 25.2 Å². The summed E-state index contributed by atoms with van der Waals surface area (Å²) in [6.07, 6.45) is 12.5. The molecule has 0 bridgehead atoms. The molecule has 2 aliphatic carbocycles. The van der Waals surface area contributed by atoms with Gasteiger partial charge < -0.3 is 15.2 Å². The quantitative estimate of drug-likeness (QED) is 0.214. The van der Waals surface area contributed by atoms with Crippen LogP contribution in [0.4, 0.5) is 0 Å². The van der Waals surface area contributed by atoms with Gasteiger partial charge in [0.15, 0.2) is 0 Å². The van der Waals surface area contributed by atoms with Crippen molar-refractivity contribution >= 4 is 22.6 Å². The zero-order chi connectivity index (χ0) is 29.3. The number of carbonyl (C=O) groups excluding carboxylic acids is 2. The first-order valence-corrected chi connectivity index (χ1v) is 16.4. The number of hydrogen-bond acceptors (Lipinski definition) is 5. The SMILES string of the molecule is CCC(=O)CCCCC[C@H](NC(=O)[C@H]1CC12CCN(C(C)C)CC2)c1ncc(-c2ccc3nc(C4CC4)ccc3c2)[nH]1. The topological polar surface area (TPSA) is 91.0 Å². The third-order valence-electron chi connectivity index (χ3n) is 10.1. The number of H-pyrrole nitrogens is 1. The summed E-state index contributed by atoms with van der Waals surface area (Å²) in [5, 5.41) is 4.53. The molecule has 42 heavy (non-hydrogen) atoms. The van der Waals surface area contributed by atoms with E-state index in [0.717, 1.165) is 86.0 Å². The monoisotopic (exact) mass is 569 g/mol. The Labute approximate surface area is 250 Å². The molecule has 7 nitrogen and oxygen atoms in total. The van der Waals surface area contributed by atoms with Gasteiger partial charge in [0.05, 0.1) is 23.4 Å². The molecule has 1 aliphatic heterocycles. The normalized spacial score (nSPS) is 20.7. The maximum absolute atomic E-state index is 13.6. The summed E-state index contributed by atoms with van der Waals surface area (Å²) in [5.74, 6) is 2.07. The van der Waals surface area contributed by atoms with Crippen LogP contribution >= 0.6 is 0 Å². The van der Waals surface area contributed by atoms with Crippen molar-refractivity contribution in [1.29, 1.82) is 0 Å². The fraction of sp³-hybridized carbons (Fsp3) is 0.600. The minimum absolute atomic E-state index is 0.111. The lowest BCUT2D eigenvalue weighted by atomic mass is 9.90. The highest BCUT2D eigenvalue weighted by atomic mass is 16.2. The van der Waals surface area contributed by atoms with E-state index in [1.54, 1.807) is 0 Å². The molecule has 7 heteroatoms. The van der Waals surface area contributed by atoms with E-state index in [2.05, 4.69) is 59.4 Å². The first-order chi connectivity index (χ1) is 20.3. The Morgan fingerprint density at radius 3 is 2.64 bits per heavy atom. The van der Waals surface area contributed by atoms with Crippen molar-refractivity contribution < 1.29 is 9.59 Å². The van der Waals surface area contributed by atoms with E-state index in [9.17, 15) is 9.59 Å². The number of rotatable bonds is 13. The highest BCUT2D eigenvalue weighted by Gasteiger charge is 2.58. The molecule has 2 N–H and O–H groups in total. The average Bonchev–Trinajstić information content (AvgIpc) is 3.92.